The molecule has 196 valence electrons. The summed E-state index contributed by atoms with van der Waals surface area (Å²) in [5.41, 5.74) is 4.54. The van der Waals surface area contributed by atoms with Gasteiger partial charge in [-0.3, -0.25) is 9.88 Å². The normalized spacial score (nSPS) is 16.4. The summed E-state index contributed by atoms with van der Waals surface area (Å²) in [4.78, 5) is 9.44. The molecule has 0 radical (unpaired) electrons. The molecule has 1 N–H and O–H groups in total. The number of ether oxygens (including phenoxy) is 2. The number of aromatic nitrogens is 1. The van der Waals surface area contributed by atoms with Crippen molar-refractivity contribution < 1.29 is 14.6 Å². The van der Waals surface area contributed by atoms with Crippen LogP contribution in [0.3, 0.4) is 0 Å². The molecule has 2 aliphatic heterocycles. The van der Waals surface area contributed by atoms with Gasteiger partial charge in [0.2, 0.25) is 0 Å². The highest BCUT2D eigenvalue weighted by molar-refractivity contribution is 5.82. The first kappa shape index (κ1) is 27.9. The van der Waals surface area contributed by atoms with Crippen LogP contribution in [0.4, 0.5) is 0 Å². The Kier molecular flexibility index (Phi) is 11.0. The van der Waals surface area contributed by atoms with Crippen LogP contribution in [0.5, 0.6) is 11.5 Å². The monoisotopic (exact) mass is 493 g/mol. The van der Waals surface area contributed by atoms with Gasteiger partial charge in [0.05, 0.1) is 11.6 Å². The summed E-state index contributed by atoms with van der Waals surface area (Å²) in [6.45, 7) is 16.9. The Hall–Kier alpha value is -2.67. The van der Waals surface area contributed by atoms with Gasteiger partial charge in [0.15, 0.2) is 11.5 Å². The van der Waals surface area contributed by atoms with Crippen molar-refractivity contribution in [1.82, 2.24) is 14.8 Å². The predicted octanol–water partition coefficient (Wildman–Crippen LogP) is 5.26. The Morgan fingerprint density at radius 2 is 1.58 bits per heavy atom. The van der Waals surface area contributed by atoms with E-state index in [1.165, 1.54) is 16.5 Å². The summed E-state index contributed by atoms with van der Waals surface area (Å²) in [5.74, 6) is 1.49. The van der Waals surface area contributed by atoms with Crippen LogP contribution in [0.25, 0.3) is 10.9 Å². The predicted molar refractivity (Wildman–Crippen MR) is 148 cm³/mol. The summed E-state index contributed by atoms with van der Waals surface area (Å²) in [6.07, 6.45) is 2.44. The SMILES string of the molecule is CC.CC.Cc1cnc2cccc(CCN3CCN(CC(O)c4ccc5c(c4)OCCO5)CC3)c2c1. The second kappa shape index (κ2) is 14.2. The second-order valence-corrected chi connectivity index (χ2v) is 8.81. The summed E-state index contributed by atoms with van der Waals surface area (Å²) >= 11 is 0. The smallest absolute Gasteiger partial charge is 0.161 e. The molecule has 1 saturated heterocycles. The van der Waals surface area contributed by atoms with Gasteiger partial charge in [0, 0.05) is 50.9 Å². The van der Waals surface area contributed by atoms with Crippen LogP contribution in [0.15, 0.2) is 48.7 Å². The Morgan fingerprint density at radius 1 is 0.889 bits per heavy atom. The molecule has 36 heavy (non-hydrogen) atoms. The third kappa shape index (κ3) is 7.19. The Bertz CT molecular complexity index is 1080. The molecule has 0 spiro atoms. The van der Waals surface area contributed by atoms with E-state index in [1.54, 1.807) is 0 Å². The second-order valence-electron chi connectivity index (χ2n) is 8.81. The van der Waals surface area contributed by atoms with E-state index in [0.29, 0.717) is 19.8 Å². The molecule has 3 heterocycles. The number of rotatable bonds is 6. The fourth-order valence-electron chi connectivity index (χ4n) is 4.62. The standard InChI is InChI=1S/C26H31N3O3.2C2H6/c1-19-15-22-20(3-2-4-23(22)27-17-19)7-8-28-9-11-29(12-10-28)18-24(30)21-5-6-25-26(16-21)32-14-13-31-25;2*1-2/h2-6,15-17,24,30H,7-14,18H2,1H3;2*1-2H3. The van der Waals surface area contributed by atoms with Crippen LogP contribution in [0.2, 0.25) is 0 Å². The minimum absolute atomic E-state index is 0.524. The van der Waals surface area contributed by atoms with Crippen molar-refractivity contribution in [3.8, 4) is 11.5 Å². The molecule has 1 atom stereocenters. The van der Waals surface area contributed by atoms with Crippen LogP contribution >= 0.6 is 0 Å². The lowest BCUT2D eigenvalue weighted by Crippen LogP contribution is -2.47. The molecular formula is C30H43N3O3. The van der Waals surface area contributed by atoms with Crippen LogP contribution in [0.1, 0.15) is 50.5 Å². The summed E-state index contributed by atoms with van der Waals surface area (Å²) in [5, 5.41) is 12.0. The van der Waals surface area contributed by atoms with E-state index in [0.717, 1.165) is 61.7 Å². The van der Waals surface area contributed by atoms with Gasteiger partial charge >= 0.3 is 0 Å². The zero-order valence-electron chi connectivity index (χ0n) is 22.7. The first-order chi connectivity index (χ1) is 17.7. The molecule has 2 aliphatic rings. The Morgan fingerprint density at radius 3 is 2.33 bits per heavy atom. The molecule has 0 amide bonds. The summed E-state index contributed by atoms with van der Waals surface area (Å²) in [6, 6.07) is 14.4. The number of piperazine rings is 1. The van der Waals surface area contributed by atoms with E-state index in [1.807, 2.05) is 52.1 Å². The van der Waals surface area contributed by atoms with Crippen LogP contribution in [-0.4, -0.2) is 72.4 Å². The molecule has 0 saturated carbocycles. The van der Waals surface area contributed by atoms with Crippen molar-refractivity contribution in [1.29, 1.82) is 0 Å². The molecule has 0 bridgehead atoms. The lowest BCUT2D eigenvalue weighted by atomic mass is 10.0. The number of nitrogens with zero attached hydrogens (tertiary/aromatic N) is 3. The van der Waals surface area contributed by atoms with Crippen molar-refractivity contribution >= 4 is 10.9 Å². The third-order valence-corrected chi connectivity index (χ3v) is 6.50. The number of β-amino-alcohol motifs (C(OH)–C–C–N with tert-alkyl or cyclic N) is 1. The lowest BCUT2D eigenvalue weighted by Gasteiger charge is -2.35. The molecule has 0 aliphatic carbocycles. The highest BCUT2D eigenvalue weighted by atomic mass is 16.6. The van der Waals surface area contributed by atoms with E-state index in [9.17, 15) is 5.11 Å². The number of pyridine rings is 1. The van der Waals surface area contributed by atoms with Crippen molar-refractivity contribution in [2.24, 2.45) is 0 Å². The largest absolute Gasteiger partial charge is 0.486 e. The molecule has 1 aromatic heterocycles. The molecule has 6 nitrogen and oxygen atoms in total. The maximum atomic E-state index is 10.8. The zero-order valence-corrected chi connectivity index (χ0v) is 22.7. The number of benzene rings is 2. The molecule has 5 rings (SSSR count). The number of fused-ring (bicyclic) bond motifs is 2. The molecule has 6 heteroatoms. The van der Waals surface area contributed by atoms with Gasteiger partial charge in [-0.2, -0.15) is 0 Å². The van der Waals surface area contributed by atoms with Gasteiger partial charge in [-0.05, 0) is 54.3 Å². The summed E-state index contributed by atoms with van der Waals surface area (Å²) in [7, 11) is 0. The lowest BCUT2D eigenvalue weighted by molar-refractivity contribution is 0.0726. The Balaban J connectivity index is 0.000000861. The quantitative estimate of drug-likeness (QED) is 0.506. The molecule has 3 aromatic rings. The maximum absolute atomic E-state index is 10.8. The van der Waals surface area contributed by atoms with Crippen LogP contribution in [0, 0.1) is 6.92 Å². The highest BCUT2D eigenvalue weighted by Gasteiger charge is 2.21. The fraction of sp³-hybridized carbons (Fsp3) is 0.500. The molecular weight excluding hydrogens is 450 g/mol. The zero-order chi connectivity index (χ0) is 25.9. The number of aryl methyl sites for hydroxylation is 1. The maximum Gasteiger partial charge on any atom is 0.161 e. The molecule has 1 fully saturated rings. The van der Waals surface area contributed by atoms with Gasteiger partial charge in [-0.15, -0.1) is 0 Å². The Labute approximate surface area is 216 Å². The van der Waals surface area contributed by atoms with E-state index in [4.69, 9.17) is 9.47 Å². The highest BCUT2D eigenvalue weighted by Crippen LogP contribution is 2.33. The minimum Gasteiger partial charge on any atom is -0.486 e. The van der Waals surface area contributed by atoms with E-state index in [-0.39, 0.29) is 0 Å². The van der Waals surface area contributed by atoms with Gasteiger partial charge < -0.3 is 19.5 Å². The number of hydrogen-bond donors (Lipinski definition) is 1. The molecule has 1 unspecified atom stereocenters. The van der Waals surface area contributed by atoms with Crippen molar-refractivity contribution in [3.63, 3.8) is 0 Å². The van der Waals surface area contributed by atoms with Gasteiger partial charge in [0.1, 0.15) is 13.2 Å². The van der Waals surface area contributed by atoms with E-state index >= 15 is 0 Å². The molecule has 2 aromatic carbocycles. The first-order valence-corrected chi connectivity index (χ1v) is 13.5. The topological polar surface area (TPSA) is 58.1 Å². The first-order valence-electron chi connectivity index (χ1n) is 13.5. The van der Waals surface area contributed by atoms with Crippen molar-refractivity contribution in [2.45, 2.75) is 47.1 Å². The van der Waals surface area contributed by atoms with E-state index in [2.05, 4.69) is 46.0 Å². The van der Waals surface area contributed by atoms with Gasteiger partial charge in [-0.1, -0.05) is 45.9 Å². The van der Waals surface area contributed by atoms with Crippen LogP contribution in [-0.2, 0) is 6.42 Å². The third-order valence-electron chi connectivity index (χ3n) is 6.50. The summed E-state index contributed by atoms with van der Waals surface area (Å²) < 4.78 is 11.2. The fourth-order valence-corrected chi connectivity index (χ4v) is 4.62. The average molecular weight is 494 g/mol. The van der Waals surface area contributed by atoms with Crippen molar-refractivity contribution in [3.05, 3.63) is 65.4 Å². The van der Waals surface area contributed by atoms with Gasteiger partial charge in [-0.25, -0.2) is 0 Å². The van der Waals surface area contributed by atoms with Gasteiger partial charge in [0.25, 0.3) is 0 Å². The number of hydrogen-bond acceptors (Lipinski definition) is 6. The number of aliphatic hydroxyl groups is 1. The minimum atomic E-state index is -0.524. The van der Waals surface area contributed by atoms with Crippen LogP contribution < -0.4 is 9.47 Å². The van der Waals surface area contributed by atoms with E-state index < -0.39 is 6.10 Å². The van der Waals surface area contributed by atoms with Crippen molar-refractivity contribution in [2.75, 3.05) is 52.5 Å². The number of aliphatic hydroxyl groups excluding tert-OH is 1. The average Bonchev–Trinajstić information content (AvgIpc) is 2.94.